The Bertz CT molecular complexity index is 1050. The molecule has 0 saturated heterocycles. The maximum Gasteiger partial charge on any atom is 0.237 e. The lowest BCUT2D eigenvalue weighted by Gasteiger charge is -2.15. The summed E-state index contributed by atoms with van der Waals surface area (Å²) >= 11 is 7.41. The number of aryl methyl sites for hydroxylation is 3. The maximum absolute atomic E-state index is 12.8. The van der Waals surface area contributed by atoms with Gasteiger partial charge in [-0.2, -0.15) is 4.68 Å². The van der Waals surface area contributed by atoms with Gasteiger partial charge in [0.05, 0.1) is 23.7 Å². The Morgan fingerprint density at radius 1 is 1.17 bits per heavy atom. The number of hydrogen-bond acceptors (Lipinski definition) is 6. The van der Waals surface area contributed by atoms with Crippen LogP contribution in [0.2, 0.25) is 5.02 Å². The van der Waals surface area contributed by atoms with E-state index in [1.165, 1.54) is 24.4 Å². The van der Waals surface area contributed by atoms with Crippen LogP contribution in [0, 0.1) is 20.8 Å². The summed E-state index contributed by atoms with van der Waals surface area (Å²) in [5.74, 6) is 0.316. The van der Waals surface area contributed by atoms with Crippen LogP contribution in [0.25, 0.3) is 5.69 Å². The summed E-state index contributed by atoms with van der Waals surface area (Å²) in [6.45, 7) is 7.75. The molecule has 0 aliphatic rings. The summed E-state index contributed by atoms with van der Waals surface area (Å²) in [6.07, 6.45) is 0. The molecule has 1 amide bonds. The number of hydrogen-bond donors (Lipinski definition) is 1. The molecule has 152 valence electrons. The van der Waals surface area contributed by atoms with E-state index in [0.717, 1.165) is 16.8 Å². The van der Waals surface area contributed by atoms with Gasteiger partial charge in [0.2, 0.25) is 11.1 Å². The zero-order valence-corrected chi connectivity index (χ0v) is 18.4. The van der Waals surface area contributed by atoms with Gasteiger partial charge in [-0.05, 0) is 73.0 Å². The monoisotopic (exact) mass is 431 g/mol. The first-order chi connectivity index (χ1) is 13.8. The van der Waals surface area contributed by atoms with Crippen molar-refractivity contribution in [3.05, 3.63) is 52.0 Å². The Morgan fingerprint density at radius 3 is 2.62 bits per heavy atom. The van der Waals surface area contributed by atoms with Crippen LogP contribution in [0.15, 0.2) is 35.5 Å². The van der Waals surface area contributed by atoms with E-state index >= 15 is 0 Å². The number of methoxy groups -OCH3 is 1. The second kappa shape index (κ2) is 8.84. The van der Waals surface area contributed by atoms with E-state index in [2.05, 4.69) is 20.8 Å². The van der Waals surface area contributed by atoms with Crippen molar-refractivity contribution in [1.82, 2.24) is 20.2 Å². The van der Waals surface area contributed by atoms with E-state index in [9.17, 15) is 4.79 Å². The molecule has 1 unspecified atom stereocenters. The molecule has 1 aromatic heterocycles. The minimum Gasteiger partial charge on any atom is -0.495 e. The molecule has 0 saturated carbocycles. The van der Waals surface area contributed by atoms with Gasteiger partial charge in [-0.15, -0.1) is 5.10 Å². The first kappa shape index (κ1) is 21.1. The molecule has 1 heterocycles. The molecule has 3 aromatic rings. The van der Waals surface area contributed by atoms with Gasteiger partial charge in [0.15, 0.2) is 0 Å². The minimum atomic E-state index is -0.438. The highest BCUT2D eigenvalue weighted by molar-refractivity contribution is 8.00. The number of rotatable bonds is 6. The fourth-order valence-corrected chi connectivity index (χ4v) is 3.61. The third kappa shape index (κ3) is 4.71. The molecular formula is C20H22ClN5O2S. The number of benzene rings is 2. The van der Waals surface area contributed by atoms with Crippen molar-refractivity contribution in [3.63, 3.8) is 0 Å². The van der Waals surface area contributed by atoms with Crippen LogP contribution < -0.4 is 10.1 Å². The summed E-state index contributed by atoms with van der Waals surface area (Å²) in [5.41, 5.74) is 4.60. The molecule has 2 aromatic carbocycles. The number of tetrazole rings is 1. The number of nitrogens with zero attached hydrogens (tertiary/aromatic N) is 4. The molecule has 0 bridgehead atoms. The van der Waals surface area contributed by atoms with Crippen molar-refractivity contribution in [1.29, 1.82) is 0 Å². The van der Waals surface area contributed by atoms with Gasteiger partial charge >= 0.3 is 0 Å². The van der Waals surface area contributed by atoms with Gasteiger partial charge in [-0.3, -0.25) is 4.79 Å². The zero-order chi connectivity index (χ0) is 21.1. The lowest BCUT2D eigenvalue weighted by atomic mass is 10.1. The predicted octanol–water partition coefficient (Wildman–Crippen LogP) is 4.37. The van der Waals surface area contributed by atoms with Gasteiger partial charge in [-0.1, -0.05) is 29.4 Å². The first-order valence-corrected chi connectivity index (χ1v) is 10.2. The lowest BCUT2D eigenvalue weighted by molar-refractivity contribution is -0.115. The van der Waals surface area contributed by atoms with E-state index < -0.39 is 5.25 Å². The first-order valence-electron chi connectivity index (χ1n) is 8.97. The van der Waals surface area contributed by atoms with Crippen molar-refractivity contribution < 1.29 is 9.53 Å². The normalized spacial score (nSPS) is 11.9. The number of carbonyl (C=O) groups is 1. The second-order valence-electron chi connectivity index (χ2n) is 6.69. The zero-order valence-electron chi connectivity index (χ0n) is 16.9. The average Bonchev–Trinajstić information content (AvgIpc) is 3.14. The molecule has 9 heteroatoms. The Hall–Kier alpha value is -2.58. The standard InChI is InChI=1S/C20H22ClN5O2S/c1-11-6-7-15(8-12(11)2)26-20(23-24-25-26)29-14(4)19(27)22-17-9-13(3)16(21)10-18(17)28-5/h6-10,14H,1-5H3,(H,22,27). The number of carbonyl (C=O) groups excluding carboxylic acids is 1. The molecule has 3 rings (SSSR count). The molecule has 0 radical (unpaired) electrons. The summed E-state index contributed by atoms with van der Waals surface area (Å²) < 4.78 is 6.96. The smallest absolute Gasteiger partial charge is 0.237 e. The number of amides is 1. The highest BCUT2D eigenvalue weighted by atomic mass is 35.5. The Morgan fingerprint density at radius 2 is 1.93 bits per heavy atom. The topological polar surface area (TPSA) is 81.9 Å². The maximum atomic E-state index is 12.8. The second-order valence-corrected chi connectivity index (χ2v) is 8.41. The Balaban J connectivity index is 1.77. The van der Waals surface area contributed by atoms with Gasteiger partial charge in [0, 0.05) is 11.1 Å². The minimum absolute atomic E-state index is 0.190. The van der Waals surface area contributed by atoms with E-state index in [1.807, 2.05) is 39.0 Å². The molecule has 0 aliphatic carbocycles. The van der Waals surface area contributed by atoms with E-state index in [4.69, 9.17) is 16.3 Å². The Labute approximate surface area is 178 Å². The molecule has 0 aliphatic heterocycles. The van der Waals surface area contributed by atoms with Gasteiger partial charge < -0.3 is 10.1 Å². The van der Waals surface area contributed by atoms with E-state index in [-0.39, 0.29) is 5.91 Å². The summed E-state index contributed by atoms with van der Waals surface area (Å²) in [4.78, 5) is 12.8. The molecule has 29 heavy (non-hydrogen) atoms. The largest absolute Gasteiger partial charge is 0.495 e. The van der Waals surface area contributed by atoms with Crippen molar-refractivity contribution in [2.45, 2.75) is 38.1 Å². The summed E-state index contributed by atoms with van der Waals surface area (Å²) in [6, 6.07) is 9.46. The van der Waals surface area contributed by atoms with Gasteiger partial charge in [-0.25, -0.2) is 0 Å². The van der Waals surface area contributed by atoms with Gasteiger partial charge in [0.25, 0.3) is 0 Å². The molecule has 0 spiro atoms. The van der Waals surface area contributed by atoms with Crippen molar-refractivity contribution >= 4 is 35.0 Å². The molecule has 7 nitrogen and oxygen atoms in total. The molecule has 1 atom stereocenters. The number of nitrogens with one attached hydrogen (secondary N) is 1. The number of ether oxygens (including phenoxy) is 1. The molecule has 0 fully saturated rings. The average molecular weight is 432 g/mol. The van der Waals surface area contributed by atoms with Crippen LogP contribution >= 0.6 is 23.4 Å². The van der Waals surface area contributed by atoms with Crippen LogP contribution in [0.5, 0.6) is 5.75 Å². The summed E-state index contributed by atoms with van der Waals surface area (Å²) in [7, 11) is 1.53. The number of aromatic nitrogens is 4. The SMILES string of the molecule is COc1cc(Cl)c(C)cc1NC(=O)C(C)Sc1nnnn1-c1ccc(C)c(C)c1. The van der Waals surface area contributed by atoms with Crippen LogP contribution in [0.4, 0.5) is 5.69 Å². The quantitative estimate of drug-likeness (QED) is 0.583. The van der Waals surface area contributed by atoms with Crippen LogP contribution in [-0.2, 0) is 4.79 Å². The highest BCUT2D eigenvalue weighted by Crippen LogP contribution is 2.32. The van der Waals surface area contributed by atoms with Crippen LogP contribution in [0.3, 0.4) is 0 Å². The number of halogens is 1. The van der Waals surface area contributed by atoms with Gasteiger partial charge in [0.1, 0.15) is 5.75 Å². The fraction of sp³-hybridized carbons (Fsp3) is 0.300. The van der Waals surface area contributed by atoms with Crippen molar-refractivity contribution in [3.8, 4) is 11.4 Å². The highest BCUT2D eigenvalue weighted by Gasteiger charge is 2.21. The lowest BCUT2D eigenvalue weighted by Crippen LogP contribution is -2.23. The predicted molar refractivity (Wildman–Crippen MR) is 115 cm³/mol. The third-order valence-corrected chi connectivity index (χ3v) is 6.01. The van der Waals surface area contributed by atoms with E-state index in [1.54, 1.807) is 23.7 Å². The van der Waals surface area contributed by atoms with E-state index in [0.29, 0.717) is 21.6 Å². The third-order valence-electron chi connectivity index (χ3n) is 4.57. The van der Waals surface area contributed by atoms with Crippen LogP contribution in [-0.4, -0.2) is 38.5 Å². The summed E-state index contributed by atoms with van der Waals surface area (Å²) in [5, 5.41) is 15.5. The molecular weight excluding hydrogens is 410 g/mol. The van der Waals surface area contributed by atoms with Crippen molar-refractivity contribution in [2.24, 2.45) is 0 Å². The Kier molecular flexibility index (Phi) is 6.44. The number of thioether (sulfide) groups is 1. The number of anilines is 1. The van der Waals surface area contributed by atoms with Crippen molar-refractivity contribution in [2.75, 3.05) is 12.4 Å². The van der Waals surface area contributed by atoms with Crippen LogP contribution in [0.1, 0.15) is 23.6 Å². The fourth-order valence-electron chi connectivity index (χ4n) is 2.65. The molecule has 1 N–H and O–H groups in total.